The molecule has 4 aromatic rings. The van der Waals surface area contributed by atoms with Crippen LogP contribution in [0.2, 0.25) is 0 Å². The fourth-order valence-corrected chi connectivity index (χ4v) is 4.86. The number of anilines is 2. The number of carbonyl (C=O) groups is 1. The van der Waals surface area contributed by atoms with Gasteiger partial charge in [-0.25, -0.2) is 9.78 Å². The lowest BCUT2D eigenvalue weighted by Crippen LogP contribution is -2.51. The number of pyridine rings is 1. The topological polar surface area (TPSA) is 128 Å². The van der Waals surface area contributed by atoms with E-state index in [1.54, 1.807) is 24.3 Å². The van der Waals surface area contributed by atoms with Gasteiger partial charge in [-0.2, -0.15) is 14.9 Å². The van der Waals surface area contributed by atoms with E-state index in [0.29, 0.717) is 24.6 Å². The van der Waals surface area contributed by atoms with Gasteiger partial charge in [-0.3, -0.25) is 4.98 Å². The molecule has 0 spiro atoms. The first-order valence-electron chi connectivity index (χ1n) is 10.8. The maximum atomic E-state index is 12.1. The zero-order valence-electron chi connectivity index (χ0n) is 17.9. The number of urea groups is 1. The summed E-state index contributed by atoms with van der Waals surface area (Å²) in [7, 11) is 1.79. The van der Waals surface area contributed by atoms with E-state index in [-0.39, 0.29) is 29.5 Å². The number of rotatable bonds is 2. The molecule has 0 radical (unpaired) electrons. The van der Waals surface area contributed by atoms with Crippen LogP contribution in [0, 0.1) is 11.3 Å². The van der Waals surface area contributed by atoms with E-state index in [4.69, 9.17) is 10.7 Å². The van der Waals surface area contributed by atoms with Gasteiger partial charge in [0.25, 0.3) is 0 Å². The number of nitrogens with one attached hydrogen (secondary N) is 1. The Kier molecular flexibility index (Phi) is 4.13. The van der Waals surface area contributed by atoms with Crippen molar-refractivity contribution >= 4 is 34.2 Å². The van der Waals surface area contributed by atoms with Crippen LogP contribution < -0.4 is 16.0 Å². The van der Waals surface area contributed by atoms with E-state index < -0.39 is 0 Å². The SMILES string of the molecule is CN1C(=O)N[C@H]2CCN(c3nc4c(-c5cnc6ccccc6c5)cnn4c(N)c3C#N)C[C@H]21. The highest BCUT2D eigenvalue weighted by molar-refractivity contribution is 5.88. The fraction of sp³-hybridized carbons (Fsp3) is 0.261. The first-order chi connectivity index (χ1) is 16.0. The lowest BCUT2D eigenvalue weighted by Gasteiger charge is -2.37. The minimum Gasteiger partial charge on any atom is -0.382 e. The summed E-state index contributed by atoms with van der Waals surface area (Å²) in [5.41, 5.74) is 9.81. The van der Waals surface area contributed by atoms with Gasteiger partial charge in [0, 0.05) is 42.8 Å². The Labute approximate surface area is 189 Å². The number of para-hydroxylation sites is 1. The smallest absolute Gasteiger partial charge is 0.317 e. The standard InChI is InChI=1S/C23H21N9O/c1-30-19-12-31(7-6-18(19)28-23(30)33)21-15(9-24)20(25)32-22(29-21)16(11-27-32)14-8-13-4-2-3-5-17(13)26-10-14/h2-5,8,10-11,18-19H,6-7,12,25H2,1H3,(H,28,33)/t18-,19+/m0/s1. The Morgan fingerprint density at radius 3 is 2.97 bits per heavy atom. The zero-order valence-corrected chi connectivity index (χ0v) is 17.9. The van der Waals surface area contributed by atoms with E-state index in [2.05, 4.69) is 21.5 Å². The largest absolute Gasteiger partial charge is 0.382 e. The number of nitriles is 1. The van der Waals surface area contributed by atoms with E-state index in [1.165, 1.54) is 4.52 Å². The molecule has 0 aliphatic carbocycles. The summed E-state index contributed by atoms with van der Waals surface area (Å²) >= 11 is 0. The molecule has 10 heteroatoms. The molecule has 2 aliphatic heterocycles. The van der Waals surface area contributed by atoms with Crippen LogP contribution in [0.15, 0.2) is 42.7 Å². The number of hydrogen-bond acceptors (Lipinski definition) is 7. The second-order valence-electron chi connectivity index (χ2n) is 8.49. The molecule has 3 N–H and O–H groups in total. The van der Waals surface area contributed by atoms with Gasteiger partial charge in [-0.15, -0.1) is 0 Å². The van der Waals surface area contributed by atoms with Crippen LogP contribution in [0.3, 0.4) is 0 Å². The number of piperidine rings is 1. The molecule has 164 valence electrons. The molecule has 1 aromatic carbocycles. The van der Waals surface area contributed by atoms with Gasteiger partial charge in [0.2, 0.25) is 0 Å². The number of benzene rings is 1. The summed E-state index contributed by atoms with van der Waals surface area (Å²) in [6.07, 6.45) is 4.26. The van der Waals surface area contributed by atoms with Gasteiger partial charge in [-0.05, 0) is 18.6 Å². The minimum absolute atomic E-state index is 0.00566. The van der Waals surface area contributed by atoms with Crippen molar-refractivity contribution in [3.8, 4) is 17.2 Å². The lowest BCUT2D eigenvalue weighted by atomic mass is 10.00. The number of amides is 2. The van der Waals surface area contributed by atoms with Gasteiger partial charge in [0.15, 0.2) is 11.5 Å². The molecule has 2 amide bonds. The van der Waals surface area contributed by atoms with Crippen LogP contribution in [0.25, 0.3) is 27.7 Å². The Balaban J connectivity index is 1.47. The molecule has 10 nitrogen and oxygen atoms in total. The molecule has 33 heavy (non-hydrogen) atoms. The maximum absolute atomic E-state index is 12.1. The molecular weight excluding hydrogens is 418 g/mol. The molecule has 2 fully saturated rings. The number of likely N-dealkylation sites (N-methyl/N-ethyl adjacent to an activating group) is 1. The predicted octanol–water partition coefficient (Wildman–Crippen LogP) is 2.00. The number of nitrogen functional groups attached to an aromatic ring is 1. The third-order valence-electron chi connectivity index (χ3n) is 6.69. The highest BCUT2D eigenvalue weighted by atomic mass is 16.2. The Bertz CT molecular complexity index is 1470. The molecule has 0 saturated carbocycles. The zero-order chi connectivity index (χ0) is 22.7. The molecule has 3 aromatic heterocycles. The summed E-state index contributed by atoms with van der Waals surface area (Å²) in [5.74, 6) is 0.762. The van der Waals surface area contributed by atoms with E-state index >= 15 is 0 Å². The van der Waals surface area contributed by atoms with Crippen molar-refractivity contribution in [2.24, 2.45) is 0 Å². The fourth-order valence-electron chi connectivity index (χ4n) is 4.86. The van der Waals surface area contributed by atoms with Crippen LogP contribution >= 0.6 is 0 Å². The van der Waals surface area contributed by atoms with E-state index in [1.807, 2.05) is 35.2 Å². The highest BCUT2D eigenvalue weighted by Crippen LogP contribution is 2.33. The van der Waals surface area contributed by atoms with Crippen molar-refractivity contribution in [1.29, 1.82) is 5.26 Å². The van der Waals surface area contributed by atoms with Crippen molar-refractivity contribution in [2.45, 2.75) is 18.5 Å². The third-order valence-corrected chi connectivity index (χ3v) is 6.69. The van der Waals surface area contributed by atoms with Crippen molar-refractivity contribution in [3.63, 3.8) is 0 Å². The minimum atomic E-state index is -0.0721. The molecule has 2 atom stereocenters. The first-order valence-corrected chi connectivity index (χ1v) is 10.8. The Morgan fingerprint density at radius 1 is 1.27 bits per heavy atom. The van der Waals surface area contributed by atoms with Crippen molar-refractivity contribution in [2.75, 3.05) is 30.8 Å². The van der Waals surface area contributed by atoms with Crippen LogP contribution in [-0.2, 0) is 0 Å². The van der Waals surface area contributed by atoms with E-state index in [0.717, 1.165) is 28.5 Å². The van der Waals surface area contributed by atoms with E-state index in [9.17, 15) is 10.1 Å². The predicted molar refractivity (Wildman–Crippen MR) is 124 cm³/mol. The molecule has 0 unspecified atom stereocenters. The number of carbonyl (C=O) groups excluding carboxylic acids is 1. The number of hydrogen-bond donors (Lipinski definition) is 2. The average Bonchev–Trinajstić information content (AvgIpc) is 3.39. The molecule has 0 bridgehead atoms. The Hall–Kier alpha value is -4.39. The van der Waals surface area contributed by atoms with Gasteiger partial charge >= 0.3 is 6.03 Å². The van der Waals surface area contributed by atoms with Crippen LogP contribution in [0.5, 0.6) is 0 Å². The van der Waals surface area contributed by atoms with Crippen LogP contribution in [-0.4, -0.2) is 62.7 Å². The van der Waals surface area contributed by atoms with Crippen molar-refractivity contribution in [1.82, 2.24) is 29.8 Å². The van der Waals surface area contributed by atoms with Crippen molar-refractivity contribution in [3.05, 3.63) is 48.3 Å². The molecular formula is C23H21N9O. The highest BCUT2D eigenvalue weighted by Gasteiger charge is 2.41. The van der Waals surface area contributed by atoms with Gasteiger partial charge in [-0.1, -0.05) is 18.2 Å². The first kappa shape index (κ1) is 19.3. The monoisotopic (exact) mass is 439 g/mol. The van der Waals surface area contributed by atoms with Gasteiger partial charge < -0.3 is 20.9 Å². The van der Waals surface area contributed by atoms with Crippen LogP contribution in [0.1, 0.15) is 12.0 Å². The van der Waals surface area contributed by atoms with Crippen molar-refractivity contribution < 1.29 is 4.79 Å². The second kappa shape index (κ2) is 7.06. The molecule has 5 heterocycles. The summed E-state index contributed by atoms with van der Waals surface area (Å²) < 4.78 is 1.51. The summed E-state index contributed by atoms with van der Waals surface area (Å²) in [4.78, 5) is 25.3. The van der Waals surface area contributed by atoms with Gasteiger partial charge in [0.05, 0.1) is 23.8 Å². The van der Waals surface area contributed by atoms with Gasteiger partial charge in [0.1, 0.15) is 17.5 Å². The van der Waals surface area contributed by atoms with Crippen LogP contribution in [0.4, 0.5) is 16.4 Å². The average molecular weight is 439 g/mol. The Morgan fingerprint density at radius 2 is 2.12 bits per heavy atom. The number of nitrogens with two attached hydrogens (primary N) is 1. The molecule has 6 rings (SSSR count). The maximum Gasteiger partial charge on any atom is 0.317 e. The third kappa shape index (κ3) is 2.86. The quantitative estimate of drug-likeness (QED) is 0.489. The summed E-state index contributed by atoms with van der Waals surface area (Å²) in [6, 6.07) is 12.2. The second-order valence-corrected chi connectivity index (χ2v) is 8.49. The number of nitrogens with zero attached hydrogens (tertiary/aromatic N) is 7. The molecule has 2 saturated heterocycles. The normalized spacial score (nSPS) is 20.2. The lowest BCUT2D eigenvalue weighted by molar-refractivity contribution is 0.214. The molecule has 2 aliphatic rings. The number of fused-ring (bicyclic) bond motifs is 3. The summed E-state index contributed by atoms with van der Waals surface area (Å²) in [5, 5.41) is 18.3. The number of aromatic nitrogens is 4. The summed E-state index contributed by atoms with van der Waals surface area (Å²) in [6.45, 7) is 1.23.